The second-order valence-electron chi connectivity index (χ2n) is 4.91. The van der Waals surface area contributed by atoms with Gasteiger partial charge in [0, 0.05) is 11.8 Å². The van der Waals surface area contributed by atoms with Gasteiger partial charge in [-0.1, -0.05) is 0 Å². The number of rotatable bonds is 5. The Balaban J connectivity index is 1.77. The van der Waals surface area contributed by atoms with Crippen molar-refractivity contribution in [1.82, 2.24) is 14.8 Å². The highest BCUT2D eigenvalue weighted by molar-refractivity contribution is 6.06. The summed E-state index contributed by atoms with van der Waals surface area (Å²) in [5.74, 6) is 0.815. The quantitative estimate of drug-likeness (QED) is 0.780. The van der Waals surface area contributed by atoms with E-state index >= 15 is 0 Å². The van der Waals surface area contributed by atoms with Gasteiger partial charge in [0.15, 0.2) is 0 Å². The molecule has 0 saturated heterocycles. The van der Waals surface area contributed by atoms with Crippen LogP contribution in [0.4, 0.5) is 5.69 Å². The lowest BCUT2D eigenvalue weighted by Crippen LogP contribution is -2.13. The van der Waals surface area contributed by atoms with Gasteiger partial charge in [0.1, 0.15) is 24.2 Å². The van der Waals surface area contributed by atoms with E-state index in [1.807, 2.05) is 12.1 Å². The van der Waals surface area contributed by atoms with Gasteiger partial charge >= 0.3 is 0 Å². The summed E-state index contributed by atoms with van der Waals surface area (Å²) in [4.78, 5) is 16.3. The molecule has 7 nitrogen and oxygen atoms in total. The summed E-state index contributed by atoms with van der Waals surface area (Å²) in [7, 11) is 3.07. The number of nitrogens with zero attached hydrogens (tertiary/aromatic N) is 3. The van der Waals surface area contributed by atoms with E-state index in [0.29, 0.717) is 22.7 Å². The summed E-state index contributed by atoms with van der Waals surface area (Å²) < 4.78 is 12.0. The highest BCUT2D eigenvalue weighted by Crippen LogP contribution is 2.25. The Morgan fingerprint density at radius 1 is 1.08 bits per heavy atom. The smallest absolute Gasteiger partial charge is 0.259 e. The van der Waals surface area contributed by atoms with Gasteiger partial charge in [-0.2, -0.15) is 5.10 Å². The van der Waals surface area contributed by atoms with E-state index < -0.39 is 0 Å². The van der Waals surface area contributed by atoms with Crippen LogP contribution < -0.4 is 14.8 Å². The van der Waals surface area contributed by atoms with Crippen LogP contribution in [-0.2, 0) is 0 Å². The van der Waals surface area contributed by atoms with Crippen LogP contribution in [0, 0.1) is 0 Å². The van der Waals surface area contributed by atoms with Crippen molar-refractivity contribution in [2.45, 2.75) is 0 Å². The summed E-state index contributed by atoms with van der Waals surface area (Å²) >= 11 is 0. The lowest BCUT2D eigenvalue weighted by Gasteiger charge is -2.11. The third-order valence-corrected chi connectivity index (χ3v) is 3.46. The molecule has 7 heteroatoms. The molecule has 0 radical (unpaired) electrons. The third kappa shape index (κ3) is 3.19. The molecule has 0 atom stereocenters. The van der Waals surface area contributed by atoms with Crippen LogP contribution in [0.3, 0.4) is 0 Å². The number of carbonyl (C=O) groups excluding carboxylic acids is 1. The fourth-order valence-corrected chi connectivity index (χ4v) is 2.22. The van der Waals surface area contributed by atoms with E-state index in [1.54, 1.807) is 48.5 Å². The number of hydrogen-bond acceptors (Lipinski definition) is 5. The predicted octanol–water partition coefficient (Wildman–Crippen LogP) is 2.54. The van der Waals surface area contributed by atoms with Gasteiger partial charge in [0.05, 0.1) is 25.5 Å². The van der Waals surface area contributed by atoms with Gasteiger partial charge in [-0.25, -0.2) is 9.67 Å². The monoisotopic (exact) mass is 324 g/mol. The Morgan fingerprint density at radius 3 is 2.50 bits per heavy atom. The first kappa shape index (κ1) is 15.5. The average molecular weight is 324 g/mol. The predicted molar refractivity (Wildman–Crippen MR) is 88.9 cm³/mol. The molecule has 0 aliphatic heterocycles. The van der Waals surface area contributed by atoms with Crippen LogP contribution in [0.1, 0.15) is 10.4 Å². The summed E-state index contributed by atoms with van der Waals surface area (Å²) in [6, 6.07) is 12.3. The summed E-state index contributed by atoms with van der Waals surface area (Å²) in [5, 5.41) is 6.89. The van der Waals surface area contributed by atoms with Crippen molar-refractivity contribution in [2.24, 2.45) is 0 Å². The maximum Gasteiger partial charge on any atom is 0.259 e. The van der Waals surface area contributed by atoms with Crippen molar-refractivity contribution in [3.63, 3.8) is 0 Å². The molecule has 0 aliphatic carbocycles. The molecule has 1 N–H and O–H groups in total. The molecule has 1 heterocycles. The Bertz CT molecular complexity index is 830. The first-order valence-corrected chi connectivity index (χ1v) is 7.19. The summed E-state index contributed by atoms with van der Waals surface area (Å²) in [6.45, 7) is 0. The maximum absolute atomic E-state index is 12.4. The zero-order chi connectivity index (χ0) is 16.9. The average Bonchev–Trinajstić information content (AvgIpc) is 3.16. The minimum absolute atomic E-state index is 0.261. The first-order valence-electron chi connectivity index (χ1n) is 7.19. The van der Waals surface area contributed by atoms with Crippen molar-refractivity contribution in [1.29, 1.82) is 0 Å². The molecule has 1 aromatic heterocycles. The van der Waals surface area contributed by atoms with Crippen LogP contribution in [0.2, 0.25) is 0 Å². The molecule has 3 aromatic rings. The van der Waals surface area contributed by atoms with E-state index in [0.717, 1.165) is 5.69 Å². The van der Waals surface area contributed by atoms with Crippen molar-refractivity contribution in [2.75, 3.05) is 19.5 Å². The largest absolute Gasteiger partial charge is 0.497 e. The lowest BCUT2D eigenvalue weighted by molar-refractivity contribution is 0.102. The normalized spacial score (nSPS) is 10.2. The first-order chi connectivity index (χ1) is 11.7. The minimum Gasteiger partial charge on any atom is -0.497 e. The molecule has 24 heavy (non-hydrogen) atoms. The van der Waals surface area contributed by atoms with Crippen molar-refractivity contribution < 1.29 is 14.3 Å². The second-order valence-corrected chi connectivity index (χ2v) is 4.91. The number of methoxy groups -OCH3 is 2. The fraction of sp³-hybridized carbons (Fsp3) is 0.118. The number of nitrogens with one attached hydrogen (secondary N) is 1. The highest BCUT2D eigenvalue weighted by Gasteiger charge is 2.13. The Morgan fingerprint density at radius 2 is 1.88 bits per heavy atom. The highest BCUT2D eigenvalue weighted by atomic mass is 16.5. The van der Waals surface area contributed by atoms with Gasteiger partial charge in [0.2, 0.25) is 0 Å². The van der Waals surface area contributed by atoms with Crippen molar-refractivity contribution in [3.8, 4) is 17.2 Å². The maximum atomic E-state index is 12.4. The van der Waals surface area contributed by atoms with Gasteiger partial charge in [-0.15, -0.1) is 0 Å². The number of benzene rings is 2. The number of aromatic nitrogens is 3. The standard InChI is InChI=1S/C17H16N4O3/c1-23-14-7-8-15(16(9-14)24-2)17(22)20-12-3-5-13(6-4-12)21-11-18-10-19-21/h3-11H,1-2H3,(H,20,22). The van der Waals surface area contributed by atoms with E-state index in [-0.39, 0.29) is 5.91 Å². The minimum atomic E-state index is -0.261. The molecule has 3 rings (SSSR count). The Hall–Kier alpha value is -3.35. The molecule has 0 unspecified atom stereocenters. The molecule has 0 aliphatic rings. The lowest BCUT2D eigenvalue weighted by atomic mass is 10.1. The van der Waals surface area contributed by atoms with E-state index in [2.05, 4.69) is 15.4 Å². The molecule has 1 amide bonds. The summed E-state index contributed by atoms with van der Waals surface area (Å²) in [6.07, 6.45) is 3.07. The zero-order valence-electron chi connectivity index (χ0n) is 13.3. The molecule has 0 spiro atoms. The Kier molecular flexibility index (Phi) is 4.42. The fourth-order valence-electron chi connectivity index (χ4n) is 2.22. The van der Waals surface area contributed by atoms with Gasteiger partial charge in [0.25, 0.3) is 5.91 Å². The number of amides is 1. The topological polar surface area (TPSA) is 78.3 Å². The van der Waals surface area contributed by atoms with Crippen LogP contribution in [-0.4, -0.2) is 34.9 Å². The molecule has 122 valence electrons. The second kappa shape index (κ2) is 6.82. The van der Waals surface area contributed by atoms with Gasteiger partial charge < -0.3 is 14.8 Å². The number of anilines is 1. The third-order valence-electron chi connectivity index (χ3n) is 3.46. The van der Waals surface area contributed by atoms with Gasteiger partial charge in [-0.3, -0.25) is 4.79 Å². The van der Waals surface area contributed by atoms with Crippen LogP contribution >= 0.6 is 0 Å². The molecular formula is C17H16N4O3. The van der Waals surface area contributed by atoms with E-state index in [1.165, 1.54) is 13.4 Å². The number of hydrogen-bond donors (Lipinski definition) is 1. The summed E-state index contributed by atoms with van der Waals surface area (Å²) in [5.41, 5.74) is 1.95. The zero-order valence-corrected chi connectivity index (χ0v) is 13.3. The van der Waals surface area contributed by atoms with E-state index in [9.17, 15) is 4.79 Å². The number of carbonyl (C=O) groups is 1. The molecule has 0 fully saturated rings. The van der Waals surface area contributed by atoms with Crippen LogP contribution in [0.25, 0.3) is 5.69 Å². The molecule has 2 aromatic carbocycles. The van der Waals surface area contributed by atoms with Crippen molar-refractivity contribution >= 4 is 11.6 Å². The SMILES string of the molecule is COc1ccc(C(=O)Nc2ccc(-n3cncn3)cc2)c(OC)c1. The molecular weight excluding hydrogens is 308 g/mol. The van der Waals surface area contributed by atoms with E-state index in [4.69, 9.17) is 9.47 Å². The number of ether oxygens (including phenoxy) is 2. The van der Waals surface area contributed by atoms with Crippen molar-refractivity contribution in [3.05, 3.63) is 60.7 Å². The molecule has 0 bridgehead atoms. The van der Waals surface area contributed by atoms with Crippen LogP contribution in [0.15, 0.2) is 55.1 Å². The van der Waals surface area contributed by atoms with Gasteiger partial charge in [-0.05, 0) is 36.4 Å². The van der Waals surface area contributed by atoms with Crippen LogP contribution in [0.5, 0.6) is 11.5 Å². The Labute approximate surface area is 138 Å². The molecule has 0 saturated carbocycles.